The van der Waals surface area contributed by atoms with E-state index in [2.05, 4.69) is 5.32 Å². The summed E-state index contributed by atoms with van der Waals surface area (Å²) in [4.78, 5) is 28.8. The van der Waals surface area contributed by atoms with Crippen molar-refractivity contribution >= 4 is 17.6 Å². The van der Waals surface area contributed by atoms with Crippen molar-refractivity contribution in [3.8, 4) is 5.75 Å². The van der Waals surface area contributed by atoms with Crippen molar-refractivity contribution in [1.29, 1.82) is 0 Å². The summed E-state index contributed by atoms with van der Waals surface area (Å²) in [5.74, 6) is 0.698. The zero-order valence-corrected chi connectivity index (χ0v) is 16.6. The average molecular weight is 381 g/mol. The molecule has 0 bridgehead atoms. The third kappa shape index (κ3) is 4.63. The van der Waals surface area contributed by atoms with Crippen molar-refractivity contribution in [3.63, 3.8) is 0 Å². The van der Waals surface area contributed by atoms with Crippen LogP contribution in [-0.4, -0.2) is 42.6 Å². The van der Waals surface area contributed by atoms with Gasteiger partial charge in [-0.25, -0.2) is 4.79 Å². The van der Waals surface area contributed by atoms with Crippen LogP contribution in [0.3, 0.4) is 0 Å². The van der Waals surface area contributed by atoms with Gasteiger partial charge in [-0.1, -0.05) is 36.4 Å². The molecule has 3 amide bonds. The lowest BCUT2D eigenvalue weighted by atomic mass is 10.2. The van der Waals surface area contributed by atoms with Crippen LogP contribution in [0.15, 0.2) is 54.6 Å². The largest absolute Gasteiger partial charge is 0.497 e. The quantitative estimate of drug-likeness (QED) is 0.834. The number of methoxy groups -OCH3 is 1. The molecule has 0 radical (unpaired) electrons. The standard InChI is InChI=1S/C22H27N3O3/c1-16(2)24(14-17-8-5-4-6-9-17)22(27)23-18-12-21(26)25(15-18)19-10-7-11-20(13-19)28-3/h4-11,13,16,18H,12,14-15H2,1-3H3,(H,23,27)/t18-/m0/s1. The van der Waals surface area contributed by atoms with E-state index in [0.29, 0.717) is 25.3 Å². The van der Waals surface area contributed by atoms with Crippen LogP contribution in [0.5, 0.6) is 5.75 Å². The van der Waals surface area contributed by atoms with Gasteiger partial charge in [-0.15, -0.1) is 0 Å². The first-order chi connectivity index (χ1) is 13.5. The second-order valence-corrected chi connectivity index (χ2v) is 7.26. The molecular weight excluding hydrogens is 354 g/mol. The molecule has 0 aliphatic carbocycles. The highest BCUT2D eigenvalue weighted by Gasteiger charge is 2.33. The predicted molar refractivity (Wildman–Crippen MR) is 109 cm³/mol. The molecule has 0 saturated carbocycles. The Bertz CT molecular complexity index is 823. The van der Waals surface area contributed by atoms with Gasteiger partial charge in [0.25, 0.3) is 0 Å². The van der Waals surface area contributed by atoms with Crippen LogP contribution in [0.2, 0.25) is 0 Å². The molecule has 28 heavy (non-hydrogen) atoms. The predicted octanol–water partition coefficient (Wildman–Crippen LogP) is 3.42. The number of nitrogens with zero attached hydrogens (tertiary/aromatic N) is 2. The molecule has 1 saturated heterocycles. The third-order valence-corrected chi connectivity index (χ3v) is 4.90. The zero-order chi connectivity index (χ0) is 20.1. The molecule has 1 N–H and O–H groups in total. The number of ether oxygens (including phenoxy) is 1. The number of rotatable bonds is 6. The number of carbonyl (C=O) groups excluding carboxylic acids is 2. The fourth-order valence-corrected chi connectivity index (χ4v) is 3.36. The van der Waals surface area contributed by atoms with E-state index in [9.17, 15) is 9.59 Å². The first kappa shape index (κ1) is 19.7. The van der Waals surface area contributed by atoms with Gasteiger partial charge in [0.05, 0.1) is 13.2 Å². The highest BCUT2D eigenvalue weighted by atomic mass is 16.5. The van der Waals surface area contributed by atoms with Crippen molar-refractivity contribution in [1.82, 2.24) is 10.2 Å². The molecule has 6 heteroatoms. The maximum absolute atomic E-state index is 12.9. The average Bonchev–Trinajstić information content (AvgIpc) is 3.06. The van der Waals surface area contributed by atoms with Gasteiger partial charge in [-0.3, -0.25) is 4.79 Å². The summed E-state index contributed by atoms with van der Waals surface area (Å²) in [5.41, 5.74) is 1.86. The highest BCUT2D eigenvalue weighted by Crippen LogP contribution is 2.25. The molecule has 1 fully saturated rings. The molecule has 2 aromatic rings. The first-order valence-corrected chi connectivity index (χ1v) is 9.53. The summed E-state index contributed by atoms with van der Waals surface area (Å²) in [6.45, 7) is 4.97. The Kier molecular flexibility index (Phi) is 6.19. The third-order valence-electron chi connectivity index (χ3n) is 4.90. The van der Waals surface area contributed by atoms with E-state index >= 15 is 0 Å². The Balaban J connectivity index is 1.65. The maximum atomic E-state index is 12.9. The summed E-state index contributed by atoms with van der Waals surface area (Å²) < 4.78 is 5.24. The Labute approximate surface area is 166 Å². The normalized spacial score (nSPS) is 16.4. The summed E-state index contributed by atoms with van der Waals surface area (Å²) in [6, 6.07) is 17.0. The lowest BCUT2D eigenvalue weighted by Crippen LogP contribution is -2.48. The molecule has 1 aliphatic rings. The van der Waals surface area contributed by atoms with Gasteiger partial charge in [0.2, 0.25) is 5.91 Å². The molecule has 1 atom stereocenters. The van der Waals surface area contributed by atoms with Crippen molar-refractivity contribution in [2.45, 2.75) is 38.9 Å². The van der Waals surface area contributed by atoms with Crippen LogP contribution in [0.25, 0.3) is 0 Å². The molecule has 1 heterocycles. The van der Waals surface area contributed by atoms with Crippen LogP contribution in [-0.2, 0) is 11.3 Å². The van der Waals surface area contributed by atoms with E-state index in [1.165, 1.54) is 0 Å². The zero-order valence-electron chi connectivity index (χ0n) is 16.6. The van der Waals surface area contributed by atoms with Gasteiger partial charge in [0, 0.05) is 37.3 Å². The fourth-order valence-electron chi connectivity index (χ4n) is 3.36. The van der Waals surface area contributed by atoms with E-state index < -0.39 is 0 Å². The van der Waals surface area contributed by atoms with Crippen LogP contribution in [0, 0.1) is 0 Å². The van der Waals surface area contributed by atoms with Gasteiger partial charge in [0.15, 0.2) is 0 Å². The Morgan fingerprint density at radius 1 is 1.21 bits per heavy atom. The number of urea groups is 1. The number of hydrogen-bond acceptors (Lipinski definition) is 3. The fraction of sp³-hybridized carbons (Fsp3) is 0.364. The number of hydrogen-bond donors (Lipinski definition) is 1. The van der Waals surface area contributed by atoms with E-state index in [1.807, 2.05) is 68.4 Å². The van der Waals surface area contributed by atoms with Crippen molar-refractivity contribution in [2.75, 3.05) is 18.6 Å². The second-order valence-electron chi connectivity index (χ2n) is 7.26. The Morgan fingerprint density at radius 3 is 2.64 bits per heavy atom. The van der Waals surface area contributed by atoms with E-state index in [-0.39, 0.29) is 24.0 Å². The molecule has 0 aromatic heterocycles. The van der Waals surface area contributed by atoms with Gasteiger partial charge in [0.1, 0.15) is 5.75 Å². The first-order valence-electron chi connectivity index (χ1n) is 9.53. The minimum Gasteiger partial charge on any atom is -0.497 e. The molecule has 2 aromatic carbocycles. The summed E-state index contributed by atoms with van der Waals surface area (Å²) >= 11 is 0. The Hall–Kier alpha value is -3.02. The van der Waals surface area contributed by atoms with Crippen molar-refractivity contribution < 1.29 is 14.3 Å². The maximum Gasteiger partial charge on any atom is 0.318 e. The van der Waals surface area contributed by atoms with Crippen LogP contribution >= 0.6 is 0 Å². The lowest BCUT2D eigenvalue weighted by molar-refractivity contribution is -0.117. The number of benzene rings is 2. The molecule has 6 nitrogen and oxygen atoms in total. The van der Waals surface area contributed by atoms with Gasteiger partial charge in [-0.05, 0) is 31.5 Å². The van der Waals surface area contributed by atoms with Crippen molar-refractivity contribution in [2.24, 2.45) is 0 Å². The summed E-state index contributed by atoms with van der Waals surface area (Å²) in [7, 11) is 1.60. The smallest absolute Gasteiger partial charge is 0.318 e. The lowest BCUT2D eigenvalue weighted by Gasteiger charge is -2.28. The van der Waals surface area contributed by atoms with E-state index in [0.717, 1.165) is 11.3 Å². The van der Waals surface area contributed by atoms with Gasteiger partial charge < -0.3 is 19.9 Å². The van der Waals surface area contributed by atoms with E-state index in [1.54, 1.807) is 16.9 Å². The van der Waals surface area contributed by atoms with Crippen LogP contribution in [0.4, 0.5) is 10.5 Å². The number of carbonyl (C=O) groups is 2. The number of nitrogens with one attached hydrogen (secondary N) is 1. The van der Waals surface area contributed by atoms with E-state index in [4.69, 9.17) is 4.74 Å². The Morgan fingerprint density at radius 2 is 1.96 bits per heavy atom. The SMILES string of the molecule is COc1cccc(N2C[C@@H](NC(=O)N(Cc3ccccc3)C(C)C)CC2=O)c1. The second kappa shape index (κ2) is 8.78. The summed E-state index contributed by atoms with van der Waals surface area (Å²) in [5, 5.41) is 3.03. The molecule has 0 unspecified atom stereocenters. The van der Waals surface area contributed by atoms with Crippen molar-refractivity contribution in [3.05, 3.63) is 60.2 Å². The van der Waals surface area contributed by atoms with Gasteiger partial charge in [-0.2, -0.15) is 0 Å². The number of anilines is 1. The molecular formula is C22H27N3O3. The molecule has 3 rings (SSSR count). The topological polar surface area (TPSA) is 61.9 Å². The van der Waals surface area contributed by atoms with Gasteiger partial charge >= 0.3 is 6.03 Å². The summed E-state index contributed by atoms with van der Waals surface area (Å²) in [6.07, 6.45) is 0.292. The highest BCUT2D eigenvalue weighted by molar-refractivity contribution is 5.97. The monoisotopic (exact) mass is 381 g/mol. The van der Waals surface area contributed by atoms with Crippen LogP contribution < -0.4 is 15.0 Å². The number of amides is 3. The van der Waals surface area contributed by atoms with Crippen LogP contribution in [0.1, 0.15) is 25.8 Å². The molecule has 0 spiro atoms. The molecule has 148 valence electrons. The molecule has 1 aliphatic heterocycles. The minimum atomic E-state index is -0.219. The minimum absolute atomic E-state index is 0.00212.